The van der Waals surface area contributed by atoms with Gasteiger partial charge < -0.3 is 19.9 Å². The van der Waals surface area contributed by atoms with Crippen LogP contribution in [0.2, 0.25) is 0 Å². The SMILES string of the molecule is Cn1c(=O)n(C)c2cc(NC(=O)C[C@@H]3OC[C@H]4CN(C(=O)c5cc6ncsc6[nH]5)CC[C@@H]43)ccc21. The molecule has 3 atom stereocenters. The Bertz CT molecular complexity index is 1480. The average Bonchev–Trinajstić information content (AvgIpc) is 3.60. The molecule has 1 aromatic carbocycles. The number of thiazole rings is 1. The lowest BCUT2D eigenvalue weighted by molar-refractivity contribution is -0.118. The molecule has 3 aromatic heterocycles. The van der Waals surface area contributed by atoms with E-state index in [1.807, 2.05) is 29.2 Å². The third kappa shape index (κ3) is 3.75. The van der Waals surface area contributed by atoms with Crippen LogP contribution < -0.4 is 11.0 Å². The lowest BCUT2D eigenvalue weighted by atomic mass is 9.83. The maximum absolute atomic E-state index is 13.0. The van der Waals surface area contributed by atoms with E-state index in [2.05, 4.69) is 15.3 Å². The van der Waals surface area contributed by atoms with Crippen LogP contribution in [-0.2, 0) is 23.6 Å². The molecule has 2 N–H and O–H groups in total. The van der Waals surface area contributed by atoms with E-state index >= 15 is 0 Å². The van der Waals surface area contributed by atoms with Gasteiger partial charge in [-0.15, -0.1) is 11.3 Å². The molecule has 11 heteroatoms. The summed E-state index contributed by atoms with van der Waals surface area (Å²) in [5, 5.41) is 2.95. The molecule has 182 valence electrons. The monoisotopic (exact) mass is 494 g/mol. The van der Waals surface area contributed by atoms with E-state index in [1.54, 1.807) is 28.7 Å². The van der Waals surface area contributed by atoms with Gasteiger partial charge in [0.15, 0.2) is 0 Å². The summed E-state index contributed by atoms with van der Waals surface area (Å²) in [6.45, 7) is 1.81. The van der Waals surface area contributed by atoms with Crippen molar-refractivity contribution in [3.8, 4) is 0 Å². The second-order valence-electron chi connectivity index (χ2n) is 9.44. The summed E-state index contributed by atoms with van der Waals surface area (Å²) in [5.74, 6) is 0.333. The number of likely N-dealkylation sites (tertiary alicyclic amines) is 1. The number of anilines is 1. The van der Waals surface area contributed by atoms with Gasteiger partial charge in [-0.05, 0) is 36.6 Å². The molecule has 2 fully saturated rings. The molecule has 5 heterocycles. The van der Waals surface area contributed by atoms with Crippen LogP contribution in [0, 0.1) is 11.8 Å². The minimum atomic E-state index is -0.165. The van der Waals surface area contributed by atoms with E-state index in [-0.39, 0.29) is 41.9 Å². The number of nitrogens with zero attached hydrogens (tertiary/aromatic N) is 4. The highest BCUT2D eigenvalue weighted by molar-refractivity contribution is 7.16. The first-order chi connectivity index (χ1) is 16.9. The zero-order valence-corrected chi connectivity index (χ0v) is 20.3. The number of piperidine rings is 1. The molecule has 0 aliphatic carbocycles. The van der Waals surface area contributed by atoms with Crippen LogP contribution >= 0.6 is 11.3 Å². The normalized spacial score (nSPS) is 22.1. The minimum Gasteiger partial charge on any atom is -0.377 e. The van der Waals surface area contributed by atoms with Crippen molar-refractivity contribution < 1.29 is 14.3 Å². The minimum absolute atomic E-state index is 0.0134. The molecule has 2 aliphatic rings. The van der Waals surface area contributed by atoms with Crippen molar-refractivity contribution in [3.05, 3.63) is 46.0 Å². The van der Waals surface area contributed by atoms with E-state index in [0.717, 1.165) is 27.8 Å². The lowest BCUT2D eigenvalue weighted by Crippen LogP contribution is -2.45. The Kier molecular flexibility index (Phi) is 5.26. The van der Waals surface area contributed by atoms with Gasteiger partial charge in [0.25, 0.3) is 5.91 Å². The van der Waals surface area contributed by atoms with Gasteiger partial charge in [0.1, 0.15) is 16.0 Å². The van der Waals surface area contributed by atoms with Crippen molar-refractivity contribution in [2.75, 3.05) is 25.0 Å². The van der Waals surface area contributed by atoms with Crippen LogP contribution in [0.4, 0.5) is 5.69 Å². The number of carbonyl (C=O) groups is 2. The molecule has 35 heavy (non-hydrogen) atoms. The van der Waals surface area contributed by atoms with E-state index in [9.17, 15) is 14.4 Å². The average molecular weight is 495 g/mol. The number of hydrogen-bond acceptors (Lipinski definition) is 6. The summed E-state index contributed by atoms with van der Waals surface area (Å²) in [7, 11) is 3.45. The molecule has 4 aromatic rings. The number of rotatable bonds is 4. The molecule has 0 saturated carbocycles. The quantitative estimate of drug-likeness (QED) is 0.452. The third-order valence-electron chi connectivity index (χ3n) is 7.38. The number of benzene rings is 1. The highest BCUT2D eigenvalue weighted by Gasteiger charge is 2.42. The van der Waals surface area contributed by atoms with E-state index in [4.69, 9.17) is 4.74 Å². The first-order valence-electron chi connectivity index (χ1n) is 11.7. The fourth-order valence-corrected chi connectivity index (χ4v) is 6.17. The second kappa shape index (κ2) is 8.35. The number of H-pyrrole nitrogens is 1. The zero-order valence-electron chi connectivity index (χ0n) is 19.5. The highest BCUT2D eigenvalue weighted by atomic mass is 32.1. The van der Waals surface area contributed by atoms with Gasteiger partial charge >= 0.3 is 5.69 Å². The summed E-state index contributed by atoms with van der Waals surface area (Å²) in [6, 6.07) is 7.27. The standard InChI is InChI=1S/C24H26N6O4S/c1-28-18-4-3-14(7-19(18)29(2)24(28)33)26-21(31)9-20-15-5-6-30(10-13(15)11-34-20)23(32)17-8-16-22(27-17)35-12-25-16/h3-4,7-8,12-13,15,20,27H,5-6,9-11H2,1-2H3,(H,26,31)/t13-,15+,20+/m1/s1. The number of carbonyl (C=O) groups excluding carboxylic acids is 2. The first kappa shape index (κ1) is 22.1. The largest absolute Gasteiger partial charge is 0.377 e. The number of imidazole rings is 1. The maximum atomic E-state index is 13.0. The summed E-state index contributed by atoms with van der Waals surface area (Å²) < 4.78 is 9.17. The van der Waals surface area contributed by atoms with Gasteiger partial charge in [-0.2, -0.15) is 0 Å². The number of ether oxygens (including phenoxy) is 1. The molecule has 6 rings (SSSR count). The van der Waals surface area contributed by atoms with Crippen molar-refractivity contribution in [2.45, 2.75) is 18.9 Å². The Balaban J connectivity index is 1.08. The Morgan fingerprint density at radius 1 is 1.23 bits per heavy atom. The van der Waals surface area contributed by atoms with Crippen LogP contribution in [-0.4, -0.2) is 61.6 Å². The number of fused-ring (bicyclic) bond motifs is 3. The van der Waals surface area contributed by atoms with Crippen molar-refractivity contribution in [1.82, 2.24) is 24.0 Å². The summed E-state index contributed by atoms with van der Waals surface area (Å²) in [4.78, 5) is 48.2. The Hall–Kier alpha value is -3.44. The number of aromatic nitrogens is 4. The predicted molar refractivity (Wildman–Crippen MR) is 133 cm³/mol. The van der Waals surface area contributed by atoms with Crippen molar-refractivity contribution in [3.63, 3.8) is 0 Å². The number of hydrogen-bond donors (Lipinski definition) is 2. The molecular weight excluding hydrogens is 468 g/mol. The summed E-state index contributed by atoms with van der Waals surface area (Å²) in [6.07, 6.45) is 0.904. The van der Waals surface area contributed by atoms with E-state index < -0.39 is 0 Å². The molecule has 2 aliphatic heterocycles. The van der Waals surface area contributed by atoms with Gasteiger partial charge in [-0.1, -0.05) is 0 Å². The van der Waals surface area contributed by atoms with Crippen molar-refractivity contribution in [1.29, 1.82) is 0 Å². The third-order valence-corrected chi connectivity index (χ3v) is 8.14. The van der Waals surface area contributed by atoms with Crippen LogP contribution in [0.1, 0.15) is 23.3 Å². The molecular formula is C24H26N6O4S. The highest BCUT2D eigenvalue weighted by Crippen LogP contribution is 2.36. The van der Waals surface area contributed by atoms with Gasteiger partial charge in [-0.3, -0.25) is 18.7 Å². The second-order valence-corrected chi connectivity index (χ2v) is 10.3. The topological polar surface area (TPSA) is 114 Å². The fourth-order valence-electron chi connectivity index (χ4n) is 5.49. The van der Waals surface area contributed by atoms with Crippen LogP contribution in [0.3, 0.4) is 0 Å². The fraction of sp³-hybridized carbons (Fsp3) is 0.417. The Labute approximate surface area is 204 Å². The van der Waals surface area contributed by atoms with Gasteiger partial charge in [-0.25, -0.2) is 9.78 Å². The Morgan fingerprint density at radius 2 is 2.06 bits per heavy atom. The van der Waals surface area contributed by atoms with Gasteiger partial charge in [0.2, 0.25) is 5.91 Å². The number of aromatic amines is 1. The molecule has 0 bridgehead atoms. The van der Waals surface area contributed by atoms with Crippen LogP contribution in [0.5, 0.6) is 0 Å². The molecule has 10 nitrogen and oxygen atoms in total. The van der Waals surface area contributed by atoms with Crippen LogP contribution in [0.25, 0.3) is 21.4 Å². The summed E-state index contributed by atoms with van der Waals surface area (Å²) >= 11 is 1.49. The van der Waals surface area contributed by atoms with Gasteiger partial charge in [0.05, 0.1) is 35.7 Å². The molecule has 0 spiro atoms. The van der Waals surface area contributed by atoms with Crippen molar-refractivity contribution >= 4 is 50.2 Å². The lowest BCUT2D eigenvalue weighted by Gasteiger charge is -2.35. The zero-order chi connectivity index (χ0) is 24.3. The van der Waals surface area contributed by atoms with E-state index in [0.29, 0.717) is 31.1 Å². The molecule has 2 amide bonds. The van der Waals surface area contributed by atoms with Crippen LogP contribution in [0.15, 0.2) is 34.6 Å². The predicted octanol–water partition coefficient (Wildman–Crippen LogP) is 2.32. The molecule has 0 radical (unpaired) electrons. The number of nitrogens with one attached hydrogen (secondary N) is 2. The number of aryl methyl sites for hydroxylation is 2. The Morgan fingerprint density at radius 3 is 2.89 bits per heavy atom. The maximum Gasteiger partial charge on any atom is 0.328 e. The van der Waals surface area contributed by atoms with Gasteiger partial charge in [0, 0.05) is 38.8 Å². The smallest absolute Gasteiger partial charge is 0.328 e. The molecule has 0 unspecified atom stereocenters. The summed E-state index contributed by atoms with van der Waals surface area (Å²) in [5.41, 5.74) is 5.27. The van der Waals surface area contributed by atoms with E-state index in [1.165, 1.54) is 11.3 Å². The number of amides is 2. The van der Waals surface area contributed by atoms with Crippen molar-refractivity contribution in [2.24, 2.45) is 25.9 Å². The molecule has 2 saturated heterocycles. The first-order valence-corrected chi connectivity index (χ1v) is 12.6.